The molecule has 1 unspecified atom stereocenters. The standard InChI is InChI=1S/C11H12Cl3NO3S/c12-6-10-7-18-2-1-15(10)19(16,17)11-4-8(13)3-9(14)5-11/h3-5,10H,1-2,6-7H2. The molecular weight excluding hydrogens is 333 g/mol. The molecule has 1 atom stereocenters. The molecule has 0 spiro atoms. The number of alkyl halides is 1. The molecule has 1 aromatic rings. The predicted molar refractivity (Wildman–Crippen MR) is 75.7 cm³/mol. The molecule has 0 aliphatic carbocycles. The molecule has 1 fully saturated rings. The Morgan fingerprint density at radius 3 is 2.47 bits per heavy atom. The molecule has 4 nitrogen and oxygen atoms in total. The van der Waals surface area contributed by atoms with Crippen molar-refractivity contribution < 1.29 is 13.2 Å². The molecule has 106 valence electrons. The van der Waals surface area contributed by atoms with Crippen LogP contribution in [0.4, 0.5) is 0 Å². The Hall–Kier alpha value is -0.0400. The Morgan fingerprint density at radius 1 is 1.26 bits per heavy atom. The zero-order valence-electron chi connectivity index (χ0n) is 9.85. The predicted octanol–water partition coefficient (Wildman–Crippen LogP) is 2.62. The van der Waals surface area contributed by atoms with Crippen molar-refractivity contribution in [3.05, 3.63) is 28.2 Å². The van der Waals surface area contributed by atoms with Crippen LogP contribution in [0, 0.1) is 0 Å². The van der Waals surface area contributed by atoms with Gasteiger partial charge in [0.25, 0.3) is 0 Å². The van der Waals surface area contributed by atoms with Crippen molar-refractivity contribution in [1.29, 1.82) is 0 Å². The molecule has 0 aromatic heterocycles. The van der Waals surface area contributed by atoms with Crippen molar-refractivity contribution in [2.45, 2.75) is 10.9 Å². The molecule has 0 amide bonds. The summed E-state index contributed by atoms with van der Waals surface area (Å²) in [6.45, 7) is 0.905. The van der Waals surface area contributed by atoms with Crippen molar-refractivity contribution in [1.82, 2.24) is 4.31 Å². The summed E-state index contributed by atoms with van der Waals surface area (Å²) in [5, 5.41) is 0.559. The first kappa shape index (κ1) is 15.4. The summed E-state index contributed by atoms with van der Waals surface area (Å²) in [5.74, 6) is 0.174. The van der Waals surface area contributed by atoms with Crippen LogP contribution in [-0.4, -0.2) is 44.4 Å². The summed E-state index contributed by atoms with van der Waals surface area (Å²) in [6.07, 6.45) is 0. The smallest absolute Gasteiger partial charge is 0.243 e. The number of hydrogen-bond acceptors (Lipinski definition) is 3. The second-order valence-corrected chi connectivity index (χ2v) is 7.18. The molecule has 8 heteroatoms. The van der Waals surface area contributed by atoms with Gasteiger partial charge in [-0.25, -0.2) is 8.42 Å². The van der Waals surface area contributed by atoms with Crippen molar-refractivity contribution in [3.8, 4) is 0 Å². The third-order valence-corrected chi connectivity index (χ3v) is 5.52. The molecule has 0 radical (unpaired) electrons. The fraction of sp³-hybridized carbons (Fsp3) is 0.455. The topological polar surface area (TPSA) is 46.6 Å². The lowest BCUT2D eigenvalue weighted by atomic mass is 10.3. The summed E-state index contributed by atoms with van der Waals surface area (Å²) in [6, 6.07) is 3.87. The Balaban J connectivity index is 2.40. The lowest BCUT2D eigenvalue weighted by molar-refractivity contribution is 0.0404. The number of hydrogen-bond donors (Lipinski definition) is 0. The fourth-order valence-corrected chi connectivity index (χ4v) is 4.55. The molecule has 1 saturated heterocycles. The molecule has 0 saturated carbocycles. The summed E-state index contributed by atoms with van der Waals surface area (Å²) in [4.78, 5) is 0.0713. The lowest BCUT2D eigenvalue weighted by Crippen LogP contribution is -2.49. The summed E-state index contributed by atoms with van der Waals surface area (Å²) in [5.41, 5.74) is 0. The second-order valence-electron chi connectivity index (χ2n) is 4.10. The van der Waals surface area contributed by atoms with Gasteiger partial charge < -0.3 is 4.74 Å². The van der Waals surface area contributed by atoms with Crippen LogP contribution in [0.3, 0.4) is 0 Å². The number of nitrogens with zero attached hydrogens (tertiary/aromatic N) is 1. The van der Waals surface area contributed by atoms with E-state index in [-0.39, 0.29) is 40.0 Å². The molecule has 2 rings (SSSR count). The molecule has 19 heavy (non-hydrogen) atoms. The zero-order chi connectivity index (χ0) is 14.0. The van der Waals surface area contributed by atoms with Gasteiger partial charge in [0.05, 0.1) is 24.2 Å². The summed E-state index contributed by atoms with van der Waals surface area (Å²) >= 11 is 17.5. The van der Waals surface area contributed by atoms with Crippen LogP contribution in [0.2, 0.25) is 10.0 Å². The third-order valence-electron chi connectivity index (χ3n) is 2.79. The van der Waals surface area contributed by atoms with E-state index in [4.69, 9.17) is 39.5 Å². The van der Waals surface area contributed by atoms with E-state index < -0.39 is 10.0 Å². The van der Waals surface area contributed by atoms with Crippen LogP contribution in [0.5, 0.6) is 0 Å². The Morgan fingerprint density at radius 2 is 1.89 bits per heavy atom. The second kappa shape index (κ2) is 6.16. The SMILES string of the molecule is O=S(=O)(c1cc(Cl)cc(Cl)c1)N1CCOCC1CCl. The van der Waals surface area contributed by atoms with Crippen LogP contribution in [0.1, 0.15) is 0 Å². The highest BCUT2D eigenvalue weighted by molar-refractivity contribution is 7.89. The van der Waals surface area contributed by atoms with Gasteiger partial charge in [0.15, 0.2) is 0 Å². The van der Waals surface area contributed by atoms with E-state index in [1.165, 1.54) is 22.5 Å². The van der Waals surface area contributed by atoms with Gasteiger partial charge in [0.2, 0.25) is 10.0 Å². The Bertz CT molecular complexity index is 544. The van der Waals surface area contributed by atoms with Gasteiger partial charge in [-0.3, -0.25) is 0 Å². The van der Waals surface area contributed by atoms with Gasteiger partial charge >= 0.3 is 0 Å². The quantitative estimate of drug-likeness (QED) is 0.792. The van der Waals surface area contributed by atoms with Gasteiger partial charge in [-0.2, -0.15) is 4.31 Å². The molecule has 1 aliphatic rings. The van der Waals surface area contributed by atoms with E-state index in [2.05, 4.69) is 0 Å². The molecule has 0 bridgehead atoms. The van der Waals surface area contributed by atoms with E-state index in [0.29, 0.717) is 6.61 Å². The maximum Gasteiger partial charge on any atom is 0.243 e. The molecule has 1 aromatic carbocycles. The number of halogens is 3. The number of morpholine rings is 1. The van der Waals surface area contributed by atoms with E-state index in [1.54, 1.807) is 0 Å². The zero-order valence-corrected chi connectivity index (χ0v) is 12.9. The number of rotatable bonds is 3. The van der Waals surface area contributed by atoms with E-state index in [1.807, 2.05) is 0 Å². The highest BCUT2D eigenvalue weighted by Gasteiger charge is 2.33. The highest BCUT2D eigenvalue weighted by Crippen LogP contribution is 2.27. The van der Waals surface area contributed by atoms with Gasteiger partial charge in [-0.15, -0.1) is 11.6 Å². The van der Waals surface area contributed by atoms with Crippen molar-refractivity contribution >= 4 is 44.8 Å². The molecule has 0 N–H and O–H groups in total. The van der Waals surface area contributed by atoms with E-state index >= 15 is 0 Å². The Kier molecular flexibility index (Phi) is 4.98. The van der Waals surface area contributed by atoms with Crippen molar-refractivity contribution in [2.75, 3.05) is 25.6 Å². The van der Waals surface area contributed by atoms with Gasteiger partial charge in [-0.05, 0) is 18.2 Å². The monoisotopic (exact) mass is 343 g/mol. The van der Waals surface area contributed by atoms with Crippen molar-refractivity contribution in [2.24, 2.45) is 0 Å². The first-order valence-corrected chi connectivity index (χ1v) is 8.30. The van der Waals surface area contributed by atoms with E-state index in [0.717, 1.165) is 0 Å². The highest BCUT2D eigenvalue weighted by atomic mass is 35.5. The van der Waals surface area contributed by atoms with Gasteiger partial charge in [-0.1, -0.05) is 23.2 Å². The number of benzene rings is 1. The Labute approximate surface area is 127 Å². The van der Waals surface area contributed by atoms with E-state index in [9.17, 15) is 8.42 Å². The van der Waals surface area contributed by atoms with Gasteiger partial charge in [0, 0.05) is 22.5 Å². The summed E-state index contributed by atoms with van der Waals surface area (Å²) in [7, 11) is -3.67. The van der Waals surface area contributed by atoms with Crippen LogP contribution in [0.15, 0.2) is 23.1 Å². The van der Waals surface area contributed by atoms with Crippen LogP contribution >= 0.6 is 34.8 Å². The molecule has 1 aliphatic heterocycles. The van der Waals surface area contributed by atoms with Crippen molar-refractivity contribution in [3.63, 3.8) is 0 Å². The first-order valence-electron chi connectivity index (χ1n) is 5.57. The van der Waals surface area contributed by atoms with Gasteiger partial charge in [0.1, 0.15) is 0 Å². The average Bonchev–Trinajstić information content (AvgIpc) is 2.37. The summed E-state index contributed by atoms with van der Waals surface area (Å²) < 4.78 is 31.7. The lowest BCUT2D eigenvalue weighted by Gasteiger charge is -2.33. The maximum absolute atomic E-state index is 12.6. The largest absolute Gasteiger partial charge is 0.378 e. The van der Waals surface area contributed by atoms with Crippen LogP contribution in [0.25, 0.3) is 0 Å². The minimum Gasteiger partial charge on any atom is -0.378 e. The van der Waals surface area contributed by atoms with Crippen LogP contribution < -0.4 is 0 Å². The average molecular weight is 345 g/mol. The number of sulfonamides is 1. The molecule has 1 heterocycles. The normalized spacial score (nSPS) is 21.5. The van der Waals surface area contributed by atoms with Crippen LogP contribution in [-0.2, 0) is 14.8 Å². The minimum absolute atomic E-state index is 0.0713. The third kappa shape index (κ3) is 3.35. The first-order chi connectivity index (χ1) is 8.95. The minimum atomic E-state index is -3.67. The maximum atomic E-state index is 12.6. The molecular formula is C11H12Cl3NO3S. The number of ether oxygens (including phenoxy) is 1. The fourth-order valence-electron chi connectivity index (χ4n) is 1.89.